The van der Waals surface area contributed by atoms with Crippen molar-refractivity contribution in [2.45, 2.75) is 45.4 Å². The lowest BCUT2D eigenvalue weighted by Crippen LogP contribution is -2.56. The van der Waals surface area contributed by atoms with Crippen molar-refractivity contribution in [2.75, 3.05) is 19.0 Å². The first-order valence-electron chi connectivity index (χ1n) is 6.49. The minimum absolute atomic E-state index is 0.129. The topological polar surface area (TPSA) is 48.3 Å². The summed E-state index contributed by atoms with van der Waals surface area (Å²) in [6.07, 6.45) is 1.33. The van der Waals surface area contributed by atoms with E-state index in [-0.39, 0.29) is 12.2 Å². The Labute approximate surface area is 108 Å². The van der Waals surface area contributed by atoms with Gasteiger partial charge < -0.3 is 14.8 Å². The van der Waals surface area contributed by atoms with Crippen LogP contribution in [0.3, 0.4) is 0 Å². The Morgan fingerprint density at radius 1 is 1.44 bits per heavy atom. The molecular formula is C13H23N3O2. The summed E-state index contributed by atoms with van der Waals surface area (Å²) in [6, 6.07) is 0.313. The zero-order chi connectivity index (χ0) is 13.3. The first kappa shape index (κ1) is 13.4. The molecule has 5 nitrogen and oxygen atoms in total. The molecule has 1 saturated carbocycles. The van der Waals surface area contributed by atoms with Crippen LogP contribution in [0.4, 0.5) is 5.69 Å². The molecule has 1 heterocycles. The van der Waals surface area contributed by atoms with Crippen LogP contribution in [0.5, 0.6) is 0 Å². The van der Waals surface area contributed by atoms with Crippen molar-refractivity contribution in [1.29, 1.82) is 0 Å². The third-order valence-corrected chi connectivity index (χ3v) is 3.74. The van der Waals surface area contributed by atoms with Gasteiger partial charge in [-0.25, -0.2) is 0 Å². The molecule has 102 valence electrons. The maximum atomic E-state index is 5.63. The molecule has 3 unspecified atom stereocenters. The summed E-state index contributed by atoms with van der Waals surface area (Å²) < 4.78 is 13.0. The van der Waals surface area contributed by atoms with Gasteiger partial charge in [0.25, 0.3) is 0 Å². The highest BCUT2D eigenvalue weighted by molar-refractivity contribution is 5.53. The first-order valence-corrected chi connectivity index (χ1v) is 6.49. The van der Waals surface area contributed by atoms with Crippen LogP contribution in [0.15, 0.2) is 0 Å². The third kappa shape index (κ3) is 2.24. The number of methoxy groups -OCH3 is 1. The Morgan fingerprint density at radius 3 is 2.67 bits per heavy atom. The van der Waals surface area contributed by atoms with E-state index in [1.165, 1.54) is 0 Å². The third-order valence-electron chi connectivity index (χ3n) is 3.74. The Balaban J connectivity index is 2.02. The zero-order valence-corrected chi connectivity index (χ0v) is 11.9. The standard InChI is InChI=1S/C13H23N3O2/c1-6-18-11-7-10(13(11)17-5)14-12-8(2)15-16(4)9(12)3/h10-11,13-14H,6-7H2,1-5H3. The van der Waals surface area contributed by atoms with Crippen molar-refractivity contribution >= 4 is 5.69 Å². The van der Waals surface area contributed by atoms with E-state index in [1.54, 1.807) is 7.11 Å². The second-order valence-electron chi connectivity index (χ2n) is 4.85. The molecule has 1 aliphatic rings. The van der Waals surface area contributed by atoms with Crippen LogP contribution in [0.2, 0.25) is 0 Å². The number of nitrogens with zero attached hydrogens (tertiary/aromatic N) is 2. The number of aryl methyl sites for hydroxylation is 2. The molecule has 1 N–H and O–H groups in total. The van der Waals surface area contributed by atoms with Crippen LogP contribution < -0.4 is 5.32 Å². The van der Waals surface area contributed by atoms with Crippen molar-refractivity contribution in [1.82, 2.24) is 9.78 Å². The number of anilines is 1. The molecule has 0 amide bonds. The van der Waals surface area contributed by atoms with Crippen molar-refractivity contribution in [3.05, 3.63) is 11.4 Å². The van der Waals surface area contributed by atoms with E-state index >= 15 is 0 Å². The van der Waals surface area contributed by atoms with E-state index in [4.69, 9.17) is 9.47 Å². The summed E-state index contributed by atoms with van der Waals surface area (Å²) in [5.74, 6) is 0. The van der Waals surface area contributed by atoms with Gasteiger partial charge in [-0.05, 0) is 27.2 Å². The van der Waals surface area contributed by atoms with Crippen LogP contribution in [0, 0.1) is 13.8 Å². The SMILES string of the molecule is CCOC1CC(Nc2c(C)nn(C)c2C)C1OC. The van der Waals surface area contributed by atoms with E-state index in [0.29, 0.717) is 6.04 Å². The van der Waals surface area contributed by atoms with Crippen LogP contribution in [-0.2, 0) is 16.5 Å². The molecule has 18 heavy (non-hydrogen) atoms. The molecule has 2 rings (SSSR count). The molecule has 1 aliphatic carbocycles. The average molecular weight is 253 g/mol. The molecule has 1 aromatic heterocycles. The first-order chi connectivity index (χ1) is 8.58. The van der Waals surface area contributed by atoms with Crippen LogP contribution >= 0.6 is 0 Å². The Bertz CT molecular complexity index is 417. The number of nitrogens with one attached hydrogen (secondary N) is 1. The number of ether oxygens (including phenoxy) is 2. The van der Waals surface area contributed by atoms with E-state index < -0.39 is 0 Å². The smallest absolute Gasteiger partial charge is 0.103 e. The van der Waals surface area contributed by atoms with Crippen molar-refractivity contribution in [3.8, 4) is 0 Å². The highest BCUT2D eigenvalue weighted by atomic mass is 16.5. The highest BCUT2D eigenvalue weighted by Gasteiger charge is 2.42. The van der Waals surface area contributed by atoms with Gasteiger partial charge in [-0.1, -0.05) is 0 Å². The fourth-order valence-electron chi connectivity index (χ4n) is 2.58. The molecule has 1 aromatic rings. The van der Waals surface area contributed by atoms with Crippen LogP contribution in [-0.4, -0.2) is 41.7 Å². The summed E-state index contributed by atoms with van der Waals surface area (Å²) >= 11 is 0. The summed E-state index contributed by atoms with van der Waals surface area (Å²) in [7, 11) is 3.71. The molecule has 0 aliphatic heterocycles. The Kier molecular flexibility index (Phi) is 3.92. The van der Waals surface area contributed by atoms with Gasteiger partial charge in [-0.2, -0.15) is 5.10 Å². The maximum absolute atomic E-state index is 5.63. The maximum Gasteiger partial charge on any atom is 0.103 e. The van der Waals surface area contributed by atoms with Crippen molar-refractivity contribution < 1.29 is 9.47 Å². The van der Waals surface area contributed by atoms with Crippen LogP contribution in [0.25, 0.3) is 0 Å². The van der Waals surface area contributed by atoms with E-state index in [0.717, 1.165) is 30.1 Å². The van der Waals surface area contributed by atoms with Gasteiger partial charge in [-0.3, -0.25) is 4.68 Å². The van der Waals surface area contributed by atoms with Gasteiger partial charge in [0.15, 0.2) is 0 Å². The van der Waals surface area contributed by atoms with Gasteiger partial charge in [0.2, 0.25) is 0 Å². The summed E-state index contributed by atoms with van der Waals surface area (Å²) in [4.78, 5) is 0. The fourth-order valence-corrected chi connectivity index (χ4v) is 2.58. The van der Waals surface area contributed by atoms with Crippen LogP contribution in [0.1, 0.15) is 24.7 Å². The highest BCUT2D eigenvalue weighted by Crippen LogP contribution is 2.31. The van der Waals surface area contributed by atoms with E-state index in [9.17, 15) is 0 Å². The number of hydrogen-bond acceptors (Lipinski definition) is 4. The minimum atomic E-state index is 0.129. The van der Waals surface area contributed by atoms with Crippen molar-refractivity contribution in [3.63, 3.8) is 0 Å². The van der Waals surface area contributed by atoms with Gasteiger partial charge in [0, 0.05) is 20.8 Å². The lowest BCUT2D eigenvalue weighted by atomic mass is 9.85. The van der Waals surface area contributed by atoms with Gasteiger partial charge >= 0.3 is 0 Å². The summed E-state index contributed by atoms with van der Waals surface area (Å²) in [5.41, 5.74) is 3.31. The van der Waals surface area contributed by atoms with Gasteiger partial charge in [0.05, 0.1) is 29.2 Å². The fraction of sp³-hybridized carbons (Fsp3) is 0.769. The molecule has 0 radical (unpaired) electrons. The average Bonchev–Trinajstić information content (AvgIpc) is 2.54. The minimum Gasteiger partial charge on any atom is -0.377 e. The quantitative estimate of drug-likeness (QED) is 0.866. The predicted molar refractivity (Wildman–Crippen MR) is 70.9 cm³/mol. The summed E-state index contributed by atoms with van der Waals surface area (Å²) in [6.45, 7) is 6.85. The molecule has 1 fully saturated rings. The largest absolute Gasteiger partial charge is 0.377 e. The molecular weight excluding hydrogens is 230 g/mol. The number of hydrogen-bond donors (Lipinski definition) is 1. The Hall–Kier alpha value is -1.07. The molecule has 0 bridgehead atoms. The molecule has 0 saturated heterocycles. The monoisotopic (exact) mass is 253 g/mol. The molecule has 0 aromatic carbocycles. The van der Waals surface area contributed by atoms with Gasteiger partial charge in [-0.15, -0.1) is 0 Å². The van der Waals surface area contributed by atoms with E-state index in [2.05, 4.69) is 17.3 Å². The Morgan fingerprint density at radius 2 is 2.17 bits per heavy atom. The number of aromatic nitrogens is 2. The molecule has 5 heteroatoms. The lowest BCUT2D eigenvalue weighted by Gasteiger charge is -2.43. The lowest BCUT2D eigenvalue weighted by molar-refractivity contribution is -0.118. The van der Waals surface area contributed by atoms with E-state index in [1.807, 2.05) is 25.6 Å². The number of rotatable bonds is 5. The second kappa shape index (κ2) is 5.28. The normalized spacial score (nSPS) is 27.1. The molecule has 3 atom stereocenters. The summed E-state index contributed by atoms with van der Waals surface area (Å²) in [5, 5.41) is 7.95. The molecule has 0 spiro atoms. The van der Waals surface area contributed by atoms with Crippen molar-refractivity contribution in [2.24, 2.45) is 7.05 Å². The second-order valence-corrected chi connectivity index (χ2v) is 4.85. The van der Waals surface area contributed by atoms with Gasteiger partial charge in [0.1, 0.15) is 6.10 Å². The predicted octanol–water partition coefficient (Wildman–Crippen LogP) is 1.64. The zero-order valence-electron chi connectivity index (χ0n) is 11.9.